The van der Waals surface area contributed by atoms with Crippen LogP contribution in [0.25, 0.3) is 0 Å². The first-order chi connectivity index (χ1) is 7.66. The average molecular weight is 498 g/mol. The predicted molar refractivity (Wildman–Crippen MR) is 72.8 cm³/mol. The number of unbranched alkanes of at least 4 members (excludes halogenated alkanes) is 1. The standard InChI is InChI=1S/C8H16O2.C2HBr3O2.Ni/c1-3-5-6-7(4-2)8(9)10;3-2(4,5)1(6)7;/h7H,3-6H2,1-2H3,(H,9,10);(H,6,7);/q;;+2/p-2. The maximum Gasteiger partial charge on any atom is 2.00 e. The summed E-state index contributed by atoms with van der Waals surface area (Å²) in [6.45, 7) is 3.94. The van der Waals surface area contributed by atoms with Gasteiger partial charge < -0.3 is 19.8 Å². The Bertz CT molecular complexity index is 244. The number of aliphatic carboxylic acids is 2. The minimum Gasteiger partial charge on any atom is -0.550 e. The van der Waals surface area contributed by atoms with Gasteiger partial charge in [-0.3, -0.25) is 0 Å². The van der Waals surface area contributed by atoms with Crippen LogP contribution in [0.3, 0.4) is 0 Å². The van der Waals surface area contributed by atoms with E-state index in [4.69, 9.17) is 0 Å². The topological polar surface area (TPSA) is 80.3 Å². The summed E-state index contributed by atoms with van der Waals surface area (Å²) in [4.78, 5) is 20.1. The molecule has 0 N–H and O–H groups in total. The fourth-order valence-electron chi connectivity index (χ4n) is 0.939. The third-order valence-corrected chi connectivity index (χ3v) is 2.93. The van der Waals surface area contributed by atoms with Gasteiger partial charge in [0.05, 0.1) is 5.97 Å². The molecule has 0 heterocycles. The van der Waals surface area contributed by atoms with Crippen LogP contribution in [-0.2, 0) is 26.1 Å². The molecule has 1 unspecified atom stereocenters. The molecule has 0 amide bonds. The molecule has 0 spiro atoms. The molecule has 0 aromatic heterocycles. The van der Waals surface area contributed by atoms with Crippen LogP contribution in [0.4, 0.5) is 0 Å². The second kappa shape index (κ2) is 12.9. The van der Waals surface area contributed by atoms with Gasteiger partial charge in [-0.15, -0.1) is 0 Å². The summed E-state index contributed by atoms with van der Waals surface area (Å²) in [6, 6.07) is 0. The van der Waals surface area contributed by atoms with Gasteiger partial charge in [-0.2, -0.15) is 0 Å². The van der Waals surface area contributed by atoms with Gasteiger partial charge in [-0.05, 0) is 18.8 Å². The second-order valence-corrected chi connectivity index (χ2v) is 10.1. The third kappa shape index (κ3) is 14.9. The van der Waals surface area contributed by atoms with E-state index in [-0.39, 0.29) is 22.4 Å². The number of rotatable bonds is 5. The van der Waals surface area contributed by atoms with Gasteiger partial charge in [-0.25, -0.2) is 0 Å². The van der Waals surface area contributed by atoms with Gasteiger partial charge in [0, 0.05) is 5.97 Å². The second-order valence-electron chi connectivity index (χ2n) is 3.35. The van der Waals surface area contributed by atoms with E-state index in [0.717, 1.165) is 19.3 Å². The molecule has 110 valence electrons. The molecule has 0 aromatic rings. The molecule has 18 heavy (non-hydrogen) atoms. The first-order valence-electron chi connectivity index (χ1n) is 5.15. The summed E-state index contributed by atoms with van der Waals surface area (Å²) in [7, 11) is 0. The summed E-state index contributed by atoms with van der Waals surface area (Å²) in [5.41, 5.74) is 0. The quantitative estimate of drug-likeness (QED) is 0.426. The van der Waals surface area contributed by atoms with Crippen LogP contribution >= 0.6 is 47.8 Å². The van der Waals surface area contributed by atoms with Crippen molar-refractivity contribution in [3.05, 3.63) is 0 Å². The molecular weight excluding hydrogens is 483 g/mol. The van der Waals surface area contributed by atoms with Crippen LogP contribution in [-0.4, -0.2) is 14.1 Å². The molecule has 8 heteroatoms. The first-order valence-corrected chi connectivity index (χ1v) is 7.53. The molecule has 0 aromatic carbocycles. The fourth-order valence-corrected chi connectivity index (χ4v) is 0.939. The molecule has 0 aliphatic heterocycles. The Hall–Kier alpha value is 0.874. The van der Waals surface area contributed by atoms with E-state index < -0.39 is 14.1 Å². The zero-order valence-corrected chi connectivity index (χ0v) is 15.7. The summed E-state index contributed by atoms with van der Waals surface area (Å²) in [6.07, 6.45) is 3.52. The number of carboxylic acid groups (broad SMARTS) is 2. The number of carbonyl (C=O) groups excluding carboxylic acids is 2. The SMILES string of the molecule is CCCCC(CC)C(=O)[O-].O=C([O-])C(Br)(Br)Br.[Ni+2]. The molecule has 0 bridgehead atoms. The molecule has 0 aliphatic rings. The van der Waals surface area contributed by atoms with Gasteiger partial charge in [0.2, 0.25) is 0 Å². The zero-order chi connectivity index (χ0) is 14.1. The number of halogens is 3. The molecule has 0 saturated carbocycles. The molecule has 0 saturated heterocycles. The molecule has 1 atom stereocenters. The van der Waals surface area contributed by atoms with Crippen molar-refractivity contribution >= 4 is 59.7 Å². The minimum absolute atomic E-state index is 0. The van der Waals surface area contributed by atoms with Crippen LogP contribution in [0.2, 0.25) is 0 Å². The molecular formula is C10H15Br3NiO4. The average Bonchev–Trinajstić information content (AvgIpc) is 2.18. The Kier molecular flexibility index (Phi) is 17.1. The Morgan fingerprint density at radius 1 is 1.17 bits per heavy atom. The Balaban J connectivity index is -0.000000251. The van der Waals surface area contributed by atoms with E-state index in [1.54, 1.807) is 0 Å². The summed E-state index contributed by atoms with van der Waals surface area (Å²) in [5, 5.41) is 20.1. The molecule has 0 aliphatic carbocycles. The van der Waals surface area contributed by atoms with Crippen LogP contribution < -0.4 is 10.2 Å². The maximum atomic E-state index is 10.3. The molecule has 0 fully saturated rings. The van der Waals surface area contributed by atoms with E-state index in [9.17, 15) is 19.8 Å². The van der Waals surface area contributed by atoms with Crippen molar-refractivity contribution in [2.75, 3.05) is 0 Å². The van der Waals surface area contributed by atoms with Gasteiger partial charge in [-0.1, -0.05) is 74.5 Å². The van der Waals surface area contributed by atoms with Crippen LogP contribution in [0, 0.1) is 5.92 Å². The molecule has 4 nitrogen and oxygen atoms in total. The number of carboxylic acids is 2. The van der Waals surface area contributed by atoms with Crippen molar-refractivity contribution in [1.29, 1.82) is 0 Å². The number of hydrogen-bond donors (Lipinski definition) is 0. The Morgan fingerprint density at radius 3 is 1.72 bits per heavy atom. The largest absolute Gasteiger partial charge is 2.00 e. The van der Waals surface area contributed by atoms with Gasteiger partial charge >= 0.3 is 16.5 Å². The Labute approximate surface area is 143 Å². The maximum absolute atomic E-state index is 10.3. The first kappa shape index (κ1) is 23.9. The number of hydrogen-bond acceptors (Lipinski definition) is 4. The van der Waals surface area contributed by atoms with Crippen LogP contribution in [0.5, 0.6) is 0 Å². The van der Waals surface area contributed by atoms with E-state index in [1.165, 1.54) is 0 Å². The van der Waals surface area contributed by atoms with Crippen molar-refractivity contribution in [1.82, 2.24) is 0 Å². The third-order valence-electron chi connectivity index (χ3n) is 1.96. The van der Waals surface area contributed by atoms with Gasteiger partial charge in [0.15, 0.2) is 2.14 Å². The number of carbonyl (C=O) groups is 2. The summed E-state index contributed by atoms with van der Waals surface area (Å²) >= 11 is 8.14. The zero-order valence-electron chi connectivity index (χ0n) is 9.99. The van der Waals surface area contributed by atoms with Crippen molar-refractivity contribution in [3.8, 4) is 0 Å². The molecule has 0 rings (SSSR count). The van der Waals surface area contributed by atoms with E-state index >= 15 is 0 Å². The van der Waals surface area contributed by atoms with Crippen molar-refractivity contribution < 1.29 is 36.3 Å². The fraction of sp³-hybridized carbons (Fsp3) is 0.800. The van der Waals surface area contributed by atoms with Gasteiger partial charge in [0.25, 0.3) is 0 Å². The smallest absolute Gasteiger partial charge is 0.550 e. The number of alkyl halides is 3. The summed E-state index contributed by atoms with van der Waals surface area (Å²) in [5.74, 6) is -2.37. The van der Waals surface area contributed by atoms with Crippen molar-refractivity contribution in [2.24, 2.45) is 5.92 Å². The van der Waals surface area contributed by atoms with E-state index in [2.05, 4.69) is 54.7 Å². The summed E-state index contributed by atoms with van der Waals surface area (Å²) < 4.78 is -1.26. The van der Waals surface area contributed by atoms with Crippen LogP contribution in [0.1, 0.15) is 39.5 Å². The van der Waals surface area contributed by atoms with Gasteiger partial charge in [0.1, 0.15) is 0 Å². The predicted octanol–water partition coefficient (Wildman–Crippen LogP) is 1.52. The molecule has 0 radical (unpaired) electrons. The normalized spacial score (nSPS) is 11.6. The van der Waals surface area contributed by atoms with Crippen molar-refractivity contribution in [2.45, 2.75) is 41.7 Å². The minimum atomic E-state index is -1.26. The monoisotopic (exact) mass is 494 g/mol. The van der Waals surface area contributed by atoms with Crippen molar-refractivity contribution in [3.63, 3.8) is 0 Å². The van der Waals surface area contributed by atoms with Crippen LogP contribution in [0.15, 0.2) is 0 Å². The van der Waals surface area contributed by atoms with E-state index in [1.807, 2.05) is 6.92 Å². The van der Waals surface area contributed by atoms with E-state index in [0.29, 0.717) is 6.42 Å². The Morgan fingerprint density at radius 2 is 1.56 bits per heavy atom.